The van der Waals surface area contributed by atoms with Crippen molar-refractivity contribution in [2.45, 2.75) is 22.6 Å². The molecule has 14 heavy (non-hydrogen) atoms. The van der Waals surface area contributed by atoms with Crippen molar-refractivity contribution in [2.75, 3.05) is 6.26 Å². The first-order valence-electron chi connectivity index (χ1n) is 4.35. The van der Waals surface area contributed by atoms with Gasteiger partial charge in [-0.3, -0.25) is 0 Å². The van der Waals surface area contributed by atoms with E-state index in [4.69, 9.17) is 0 Å². The number of carbonyl (C=O) groups is 1. The van der Waals surface area contributed by atoms with Gasteiger partial charge in [0.1, 0.15) is 6.29 Å². The Kier molecular flexibility index (Phi) is 4.20. The van der Waals surface area contributed by atoms with Crippen molar-refractivity contribution in [3.63, 3.8) is 0 Å². The summed E-state index contributed by atoms with van der Waals surface area (Å²) >= 11 is 5.10. The largest absolute Gasteiger partial charge is 0.302 e. The summed E-state index contributed by atoms with van der Waals surface area (Å²) in [7, 11) is 0. The molecule has 1 aromatic rings. The van der Waals surface area contributed by atoms with Gasteiger partial charge in [-0.1, -0.05) is 28.1 Å². The SMILES string of the molecule is CSc1ccc(C[C@](C)(Br)C=O)cc1. The number of hydrogen-bond acceptors (Lipinski definition) is 2. The second-order valence-corrected chi connectivity index (χ2v) is 6.11. The van der Waals surface area contributed by atoms with Gasteiger partial charge in [-0.2, -0.15) is 0 Å². The van der Waals surface area contributed by atoms with Gasteiger partial charge in [-0.15, -0.1) is 11.8 Å². The van der Waals surface area contributed by atoms with E-state index >= 15 is 0 Å². The van der Waals surface area contributed by atoms with E-state index in [0.29, 0.717) is 0 Å². The number of carbonyl (C=O) groups excluding carboxylic acids is 1. The summed E-state index contributed by atoms with van der Waals surface area (Å²) < 4.78 is -0.437. The average molecular weight is 273 g/mol. The maximum atomic E-state index is 10.7. The van der Waals surface area contributed by atoms with Crippen LogP contribution in [0.2, 0.25) is 0 Å². The van der Waals surface area contributed by atoms with Crippen molar-refractivity contribution in [1.82, 2.24) is 0 Å². The summed E-state index contributed by atoms with van der Waals surface area (Å²) in [5, 5.41) is 0. The fraction of sp³-hybridized carbons (Fsp3) is 0.364. The minimum absolute atomic E-state index is 0.437. The lowest BCUT2D eigenvalue weighted by Gasteiger charge is -2.14. The summed E-state index contributed by atoms with van der Waals surface area (Å²) in [6, 6.07) is 8.28. The zero-order chi connectivity index (χ0) is 10.6. The zero-order valence-electron chi connectivity index (χ0n) is 8.29. The molecule has 0 aliphatic carbocycles. The monoisotopic (exact) mass is 272 g/mol. The second kappa shape index (κ2) is 4.99. The van der Waals surface area contributed by atoms with Crippen molar-refractivity contribution in [3.05, 3.63) is 29.8 Å². The maximum Gasteiger partial charge on any atom is 0.136 e. The number of halogens is 1. The number of benzene rings is 1. The average Bonchev–Trinajstić information content (AvgIpc) is 2.19. The molecule has 0 aliphatic heterocycles. The van der Waals surface area contributed by atoms with E-state index in [1.807, 2.05) is 6.92 Å². The molecule has 1 aromatic carbocycles. The molecule has 0 fully saturated rings. The van der Waals surface area contributed by atoms with Crippen molar-refractivity contribution in [3.8, 4) is 0 Å². The third-order valence-electron chi connectivity index (χ3n) is 1.95. The van der Waals surface area contributed by atoms with Crippen LogP contribution in [0.5, 0.6) is 0 Å². The minimum Gasteiger partial charge on any atom is -0.302 e. The number of aldehydes is 1. The summed E-state index contributed by atoms with van der Waals surface area (Å²) in [5.74, 6) is 0. The first-order valence-corrected chi connectivity index (χ1v) is 6.37. The Morgan fingerprint density at radius 3 is 2.43 bits per heavy atom. The van der Waals surface area contributed by atoms with Crippen molar-refractivity contribution in [1.29, 1.82) is 0 Å². The molecule has 0 aromatic heterocycles. The number of thioether (sulfide) groups is 1. The van der Waals surface area contributed by atoms with Crippen LogP contribution in [-0.2, 0) is 11.2 Å². The maximum absolute atomic E-state index is 10.7. The van der Waals surface area contributed by atoms with Crippen LogP contribution in [0.1, 0.15) is 12.5 Å². The Hall–Kier alpha value is -0.280. The lowest BCUT2D eigenvalue weighted by Crippen LogP contribution is -2.20. The van der Waals surface area contributed by atoms with Crippen LogP contribution < -0.4 is 0 Å². The van der Waals surface area contributed by atoms with Crippen LogP contribution in [0.15, 0.2) is 29.2 Å². The summed E-state index contributed by atoms with van der Waals surface area (Å²) in [5.41, 5.74) is 1.18. The summed E-state index contributed by atoms with van der Waals surface area (Å²) in [6.45, 7) is 1.88. The topological polar surface area (TPSA) is 17.1 Å². The van der Waals surface area contributed by atoms with E-state index in [9.17, 15) is 4.79 Å². The molecular formula is C11H13BrOS. The predicted molar refractivity (Wildman–Crippen MR) is 65.3 cm³/mol. The second-order valence-electron chi connectivity index (χ2n) is 3.42. The third kappa shape index (κ3) is 3.46. The molecule has 76 valence electrons. The van der Waals surface area contributed by atoms with Crippen molar-refractivity contribution < 1.29 is 4.79 Å². The smallest absolute Gasteiger partial charge is 0.136 e. The van der Waals surface area contributed by atoms with Crippen LogP contribution >= 0.6 is 27.7 Å². The molecule has 0 unspecified atom stereocenters. The van der Waals surface area contributed by atoms with Crippen molar-refractivity contribution in [2.24, 2.45) is 0 Å². The lowest BCUT2D eigenvalue weighted by molar-refractivity contribution is -0.109. The number of hydrogen-bond donors (Lipinski definition) is 0. The highest BCUT2D eigenvalue weighted by atomic mass is 79.9. The molecule has 1 atom stereocenters. The normalized spacial score (nSPS) is 14.8. The molecule has 0 amide bonds. The van der Waals surface area contributed by atoms with Crippen LogP contribution in [0.4, 0.5) is 0 Å². The Morgan fingerprint density at radius 1 is 1.43 bits per heavy atom. The highest BCUT2D eigenvalue weighted by molar-refractivity contribution is 9.10. The molecule has 0 bridgehead atoms. The number of rotatable bonds is 4. The molecule has 1 rings (SSSR count). The highest BCUT2D eigenvalue weighted by Crippen LogP contribution is 2.22. The third-order valence-corrected chi connectivity index (χ3v) is 3.17. The molecule has 0 heterocycles. The van der Waals surface area contributed by atoms with E-state index in [2.05, 4.69) is 46.5 Å². The highest BCUT2D eigenvalue weighted by Gasteiger charge is 2.19. The molecule has 0 aliphatic rings. The van der Waals surface area contributed by atoms with Crippen LogP contribution in [0, 0.1) is 0 Å². The van der Waals surface area contributed by atoms with Crippen LogP contribution in [-0.4, -0.2) is 16.9 Å². The Morgan fingerprint density at radius 2 is 2.00 bits per heavy atom. The molecule has 0 radical (unpaired) electrons. The molecular weight excluding hydrogens is 260 g/mol. The molecule has 0 saturated heterocycles. The van der Waals surface area contributed by atoms with Crippen molar-refractivity contribution >= 4 is 34.0 Å². The first kappa shape index (κ1) is 11.8. The lowest BCUT2D eigenvalue weighted by atomic mass is 10.0. The fourth-order valence-electron chi connectivity index (χ4n) is 1.18. The molecule has 0 N–H and O–H groups in total. The molecule has 3 heteroatoms. The van der Waals surface area contributed by atoms with E-state index < -0.39 is 4.32 Å². The Labute approximate surface area is 97.4 Å². The van der Waals surface area contributed by atoms with Gasteiger partial charge in [0.15, 0.2) is 0 Å². The standard InChI is InChI=1S/C11H13BrOS/c1-11(12,8-13)7-9-3-5-10(14-2)6-4-9/h3-6,8H,7H2,1-2H3/t11-/m0/s1. The van der Waals surface area contributed by atoms with E-state index in [1.54, 1.807) is 11.8 Å². The Balaban J connectivity index is 2.73. The first-order chi connectivity index (χ1) is 6.57. The van der Waals surface area contributed by atoms with E-state index in [0.717, 1.165) is 12.7 Å². The van der Waals surface area contributed by atoms with Gasteiger partial charge in [0.25, 0.3) is 0 Å². The summed E-state index contributed by atoms with van der Waals surface area (Å²) in [6.07, 6.45) is 3.72. The summed E-state index contributed by atoms with van der Waals surface area (Å²) in [4.78, 5) is 11.9. The van der Waals surface area contributed by atoms with E-state index in [-0.39, 0.29) is 0 Å². The molecule has 0 spiro atoms. The van der Waals surface area contributed by atoms with Crippen LogP contribution in [0.3, 0.4) is 0 Å². The Bertz CT molecular complexity index is 306. The molecule has 1 nitrogen and oxygen atoms in total. The minimum atomic E-state index is -0.437. The zero-order valence-corrected chi connectivity index (χ0v) is 10.7. The quantitative estimate of drug-likeness (QED) is 0.475. The van der Waals surface area contributed by atoms with Crippen LogP contribution in [0.25, 0.3) is 0 Å². The van der Waals surface area contributed by atoms with Gasteiger partial charge in [-0.25, -0.2) is 0 Å². The predicted octanol–water partition coefficient (Wildman–Crippen LogP) is 3.30. The van der Waals surface area contributed by atoms with E-state index in [1.165, 1.54) is 10.5 Å². The molecule has 0 saturated carbocycles. The van der Waals surface area contributed by atoms with Gasteiger partial charge < -0.3 is 4.79 Å². The fourth-order valence-corrected chi connectivity index (χ4v) is 1.92. The van der Waals surface area contributed by atoms with Gasteiger partial charge in [0.05, 0.1) is 4.32 Å². The van der Waals surface area contributed by atoms with Gasteiger partial charge >= 0.3 is 0 Å². The van der Waals surface area contributed by atoms with Gasteiger partial charge in [-0.05, 0) is 37.3 Å². The van der Waals surface area contributed by atoms with Gasteiger partial charge in [0.2, 0.25) is 0 Å². The van der Waals surface area contributed by atoms with Gasteiger partial charge in [0, 0.05) is 4.90 Å². The number of alkyl halides is 1.